The van der Waals surface area contributed by atoms with Crippen LogP contribution in [-0.2, 0) is 18.3 Å². The Kier molecular flexibility index (Phi) is 5.13. The van der Waals surface area contributed by atoms with E-state index >= 15 is 0 Å². The summed E-state index contributed by atoms with van der Waals surface area (Å²) in [6.07, 6.45) is 4.07. The average Bonchev–Trinajstić information content (AvgIpc) is 3.25. The van der Waals surface area contributed by atoms with E-state index in [4.69, 9.17) is 9.15 Å². The highest BCUT2D eigenvalue weighted by Gasteiger charge is 2.10. The Labute approximate surface area is 144 Å². The fraction of sp³-hybridized carbons (Fsp3) is 0.222. The Morgan fingerprint density at radius 2 is 2.12 bits per heavy atom. The van der Waals surface area contributed by atoms with E-state index in [1.54, 1.807) is 6.26 Å². The number of aromatic nitrogens is 2. The summed E-state index contributed by atoms with van der Waals surface area (Å²) >= 11 is 0. The molecular formula is C18H18FN3O3. The predicted octanol–water partition coefficient (Wildman–Crippen LogP) is 2.56. The highest BCUT2D eigenvalue weighted by Crippen LogP contribution is 2.18. The number of carbonyl (C=O) groups excluding carboxylic acids is 1. The third-order valence-corrected chi connectivity index (χ3v) is 3.60. The molecule has 0 atom stereocenters. The first kappa shape index (κ1) is 16.8. The van der Waals surface area contributed by atoms with Crippen LogP contribution in [-0.4, -0.2) is 28.6 Å². The number of halogens is 1. The molecule has 0 fully saturated rings. The van der Waals surface area contributed by atoms with Crippen molar-refractivity contribution in [2.45, 2.75) is 6.42 Å². The van der Waals surface area contributed by atoms with Gasteiger partial charge in [-0.1, -0.05) is 0 Å². The number of amides is 1. The van der Waals surface area contributed by atoms with Gasteiger partial charge < -0.3 is 19.0 Å². The minimum absolute atomic E-state index is 0.121. The highest BCUT2D eigenvalue weighted by atomic mass is 19.1. The average molecular weight is 343 g/mol. The number of furan rings is 1. The maximum Gasteiger partial charge on any atom is 0.257 e. The first-order valence-electron chi connectivity index (χ1n) is 7.83. The van der Waals surface area contributed by atoms with Crippen molar-refractivity contribution in [2.24, 2.45) is 7.05 Å². The fourth-order valence-electron chi connectivity index (χ4n) is 2.32. The molecule has 25 heavy (non-hydrogen) atoms. The minimum atomic E-state index is -0.346. The molecule has 0 spiro atoms. The summed E-state index contributed by atoms with van der Waals surface area (Å²) in [5.74, 6) is 1.40. The molecule has 7 heteroatoms. The molecule has 0 radical (unpaired) electrons. The summed E-state index contributed by atoms with van der Waals surface area (Å²) in [5.41, 5.74) is 0.758. The van der Waals surface area contributed by atoms with Gasteiger partial charge in [0.15, 0.2) is 12.4 Å². The second-order valence-electron chi connectivity index (χ2n) is 5.47. The number of rotatable bonds is 7. The molecular weight excluding hydrogens is 325 g/mol. The standard InChI is InChI=1S/C18H18FN3O3/c1-22-11-15(16-3-2-10-24-16)21-17(22)8-9-20-18(23)12-25-14-6-4-13(19)5-7-14/h2-7,10-11H,8-9,12H2,1H3,(H,20,23). The summed E-state index contributed by atoms with van der Waals surface area (Å²) in [7, 11) is 1.90. The quantitative estimate of drug-likeness (QED) is 0.716. The zero-order valence-corrected chi connectivity index (χ0v) is 13.7. The van der Waals surface area contributed by atoms with Gasteiger partial charge in [0, 0.05) is 26.2 Å². The second-order valence-corrected chi connectivity index (χ2v) is 5.47. The van der Waals surface area contributed by atoms with E-state index in [1.165, 1.54) is 24.3 Å². The molecule has 0 saturated heterocycles. The number of nitrogens with one attached hydrogen (secondary N) is 1. The van der Waals surface area contributed by atoms with E-state index in [2.05, 4.69) is 10.3 Å². The zero-order chi connectivity index (χ0) is 17.6. The first-order valence-corrected chi connectivity index (χ1v) is 7.83. The van der Waals surface area contributed by atoms with Gasteiger partial charge in [-0.15, -0.1) is 0 Å². The van der Waals surface area contributed by atoms with Crippen molar-refractivity contribution >= 4 is 5.91 Å². The first-order chi connectivity index (χ1) is 12.1. The van der Waals surface area contributed by atoms with E-state index < -0.39 is 0 Å². The van der Waals surface area contributed by atoms with Crippen molar-refractivity contribution in [3.05, 3.63) is 60.5 Å². The number of hydrogen-bond acceptors (Lipinski definition) is 4. The van der Waals surface area contributed by atoms with Crippen LogP contribution >= 0.6 is 0 Å². The van der Waals surface area contributed by atoms with E-state index in [1.807, 2.05) is 29.9 Å². The van der Waals surface area contributed by atoms with Crippen molar-refractivity contribution in [3.8, 4) is 17.2 Å². The zero-order valence-electron chi connectivity index (χ0n) is 13.7. The van der Waals surface area contributed by atoms with Crippen LogP contribution in [0.25, 0.3) is 11.5 Å². The van der Waals surface area contributed by atoms with Gasteiger partial charge in [-0.25, -0.2) is 9.37 Å². The van der Waals surface area contributed by atoms with Crippen molar-refractivity contribution in [1.29, 1.82) is 0 Å². The van der Waals surface area contributed by atoms with Gasteiger partial charge in [0.05, 0.1) is 6.26 Å². The maximum absolute atomic E-state index is 12.8. The molecule has 1 N–H and O–H groups in total. The van der Waals surface area contributed by atoms with Gasteiger partial charge in [0.1, 0.15) is 23.1 Å². The van der Waals surface area contributed by atoms with Crippen LogP contribution in [0.4, 0.5) is 4.39 Å². The van der Waals surface area contributed by atoms with Gasteiger partial charge in [0.25, 0.3) is 5.91 Å². The Morgan fingerprint density at radius 3 is 2.84 bits per heavy atom. The molecule has 3 rings (SSSR count). The molecule has 2 aromatic heterocycles. The molecule has 3 aromatic rings. The smallest absolute Gasteiger partial charge is 0.257 e. The maximum atomic E-state index is 12.8. The Morgan fingerprint density at radius 1 is 1.32 bits per heavy atom. The van der Waals surface area contributed by atoms with Crippen LogP contribution in [0.2, 0.25) is 0 Å². The molecule has 0 aliphatic rings. The number of imidazole rings is 1. The molecule has 0 unspecified atom stereocenters. The minimum Gasteiger partial charge on any atom is -0.484 e. The molecule has 2 heterocycles. The number of nitrogens with zero attached hydrogens (tertiary/aromatic N) is 2. The molecule has 1 amide bonds. The van der Waals surface area contributed by atoms with E-state index in [9.17, 15) is 9.18 Å². The van der Waals surface area contributed by atoms with Gasteiger partial charge >= 0.3 is 0 Å². The molecule has 0 aliphatic heterocycles. The number of hydrogen-bond donors (Lipinski definition) is 1. The van der Waals surface area contributed by atoms with Gasteiger partial charge in [-0.3, -0.25) is 4.79 Å². The second kappa shape index (κ2) is 7.65. The summed E-state index contributed by atoms with van der Waals surface area (Å²) < 4.78 is 25.3. The predicted molar refractivity (Wildman–Crippen MR) is 89.5 cm³/mol. The third kappa shape index (κ3) is 4.47. The van der Waals surface area contributed by atoms with Crippen LogP contribution in [0, 0.1) is 5.82 Å². The van der Waals surface area contributed by atoms with Gasteiger partial charge in [-0.2, -0.15) is 0 Å². The van der Waals surface area contributed by atoms with E-state index in [0.29, 0.717) is 24.5 Å². The monoisotopic (exact) mass is 343 g/mol. The summed E-state index contributed by atoms with van der Waals surface area (Å²) in [6.45, 7) is 0.317. The lowest BCUT2D eigenvalue weighted by Gasteiger charge is -2.07. The lowest BCUT2D eigenvalue weighted by Crippen LogP contribution is -2.31. The number of benzene rings is 1. The summed E-state index contributed by atoms with van der Waals surface area (Å²) in [4.78, 5) is 16.3. The van der Waals surface area contributed by atoms with Crippen molar-refractivity contribution < 1.29 is 18.3 Å². The van der Waals surface area contributed by atoms with Crippen LogP contribution < -0.4 is 10.1 Å². The molecule has 0 bridgehead atoms. The SMILES string of the molecule is Cn1cc(-c2ccco2)nc1CCNC(=O)COc1ccc(F)cc1. The molecule has 130 valence electrons. The fourth-order valence-corrected chi connectivity index (χ4v) is 2.32. The normalized spacial score (nSPS) is 10.6. The highest BCUT2D eigenvalue weighted by molar-refractivity contribution is 5.77. The molecule has 1 aromatic carbocycles. The summed E-state index contributed by atoms with van der Waals surface area (Å²) in [5, 5.41) is 2.77. The number of ether oxygens (including phenoxy) is 1. The van der Waals surface area contributed by atoms with Crippen molar-refractivity contribution in [2.75, 3.05) is 13.2 Å². The van der Waals surface area contributed by atoms with Crippen LogP contribution in [0.3, 0.4) is 0 Å². The van der Waals surface area contributed by atoms with Crippen LogP contribution in [0.5, 0.6) is 5.75 Å². The van der Waals surface area contributed by atoms with E-state index in [-0.39, 0.29) is 18.3 Å². The third-order valence-electron chi connectivity index (χ3n) is 3.60. The van der Waals surface area contributed by atoms with Crippen molar-refractivity contribution in [3.63, 3.8) is 0 Å². The Bertz CT molecular complexity index is 826. The van der Waals surface area contributed by atoms with E-state index in [0.717, 1.165) is 11.5 Å². The summed E-state index contributed by atoms with van der Waals surface area (Å²) in [6, 6.07) is 9.18. The van der Waals surface area contributed by atoms with Gasteiger partial charge in [-0.05, 0) is 36.4 Å². The lowest BCUT2D eigenvalue weighted by molar-refractivity contribution is -0.123. The van der Waals surface area contributed by atoms with Gasteiger partial charge in [0.2, 0.25) is 0 Å². The topological polar surface area (TPSA) is 69.3 Å². The molecule has 6 nitrogen and oxygen atoms in total. The Hall–Kier alpha value is -3.09. The number of carbonyl (C=O) groups is 1. The Balaban J connectivity index is 1.44. The van der Waals surface area contributed by atoms with Crippen LogP contribution in [0.1, 0.15) is 5.82 Å². The number of aryl methyl sites for hydroxylation is 1. The largest absolute Gasteiger partial charge is 0.484 e. The molecule has 0 aliphatic carbocycles. The van der Waals surface area contributed by atoms with Crippen molar-refractivity contribution in [1.82, 2.24) is 14.9 Å². The lowest BCUT2D eigenvalue weighted by atomic mass is 10.3. The molecule has 0 saturated carbocycles. The van der Waals surface area contributed by atoms with Crippen LogP contribution in [0.15, 0.2) is 53.3 Å².